The Hall–Kier alpha value is -2.82. The van der Waals surface area contributed by atoms with Crippen LogP contribution in [0.3, 0.4) is 0 Å². The third-order valence-corrected chi connectivity index (χ3v) is 4.76. The highest BCUT2D eigenvalue weighted by molar-refractivity contribution is 5.97. The molecule has 0 aromatic heterocycles. The molecule has 0 fully saturated rings. The van der Waals surface area contributed by atoms with Gasteiger partial charge in [-0.3, -0.25) is 9.59 Å². The molecule has 0 bridgehead atoms. The fraction of sp³-hybridized carbons (Fsp3) is 0.364. The fourth-order valence-corrected chi connectivity index (χ4v) is 2.78. The van der Waals surface area contributed by atoms with Crippen LogP contribution in [0.1, 0.15) is 30.6 Å². The van der Waals surface area contributed by atoms with Crippen molar-refractivity contribution < 1.29 is 9.59 Å². The topological polar surface area (TPSA) is 61.4 Å². The molecule has 0 radical (unpaired) electrons. The Morgan fingerprint density at radius 3 is 2.19 bits per heavy atom. The van der Waals surface area contributed by atoms with E-state index in [-0.39, 0.29) is 17.7 Å². The summed E-state index contributed by atoms with van der Waals surface area (Å²) in [4.78, 5) is 27.2. The molecular formula is C22H29N3O2. The van der Waals surface area contributed by atoms with Crippen molar-refractivity contribution in [2.45, 2.75) is 26.3 Å². The molecule has 5 heteroatoms. The summed E-state index contributed by atoms with van der Waals surface area (Å²) in [6, 6.07) is 18.4. The highest BCUT2D eigenvalue weighted by Gasteiger charge is 2.26. The van der Waals surface area contributed by atoms with Crippen LogP contribution in [0.5, 0.6) is 0 Å². The van der Waals surface area contributed by atoms with Crippen molar-refractivity contribution in [1.82, 2.24) is 10.6 Å². The lowest BCUT2D eigenvalue weighted by molar-refractivity contribution is -0.124. The minimum Gasteiger partial charge on any atom is -0.373 e. The quantitative estimate of drug-likeness (QED) is 0.716. The molecule has 0 spiro atoms. The predicted octanol–water partition coefficient (Wildman–Crippen LogP) is 3.08. The van der Waals surface area contributed by atoms with Crippen LogP contribution >= 0.6 is 0 Å². The van der Waals surface area contributed by atoms with E-state index in [9.17, 15) is 9.59 Å². The van der Waals surface area contributed by atoms with E-state index in [1.807, 2.05) is 69.4 Å². The van der Waals surface area contributed by atoms with Crippen LogP contribution in [0, 0.1) is 5.92 Å². The standard InChI is InChI=1S/C22H29N3O2/c1-4-17(2)20(24-21(26)18-11-7-5-8-12-18)22(27)23-15-16-25(3)19-13-9-6-10-14-19/h5-14,17,20H,4,15-16H2,1-3H3,(H,23,27)(H,24,26)/t17-,20-/m0/s1. The van der Waals surface area contributed by atoms with Gasteiger partial charge in [-0.25, -0.2) is 0 Å². The molecule has 2 amide bonds. The summed E-state index contributed by atoms with van der Waals surface area (Å²) >= 11 is 0. The molecule has 0 aliphatic heterocycles. The molecule has 0 unspecified atom stereocenters. The van der Waals surface area contributed by atoms with E-state index >= 15 is 0 Å². The molecule has 0 aliphatic carbocycles. The molecule has 0 heterocycles. The molecule has 0 aliphatic rings. The van der Waals surface area contributed by atoms with Crippen LogP contribution in [-0.4, -0.2) is 38.0 Å². The zero-order chi connectivity index (χ0) is 19.6. The zero-order valence-corrected chi connectivity index (χ0v) is 16.3. The maximum atomic E-state index is 12.7. The number of amides is 2. The van der Waals surface area contributed by atoms with Gasteiger partial charge in [0.1, 0.15) is 6.04 Å². The zero-order valence-electron chi connectivity index (χ0n) is 16.3. The van der Waals surface area contributed by atoms with Gasteiger partial charge in [0.15, 0.2) is 0 Å². The largest absolute Gasteiger partial charge is 0.373 e. The summed E-state index contributed by atoms with van der Waals surface area (Å²) in [5.74, 6) is -0.322. The van der Waals surface area contributed by atoms with Gasteiger partial charge in [0.25, 0.3) is 5.91 Å². The van der Waals surface area contributed by atoms with E-state index in [1.54, 1.807) is 12.1 Å². The van der Waals surface area contributed by atoms with Gasteiger partial charge in [-0.15, -0.1) is 0 Å². The van der Waals surface area contributed by atoms with Crippen LogP contribution in [0.25, 0.3) is 0 Å². The van der Waals surface area contributed by atoms with Crippen molar-refractivity contribution in [3.63, 3.8) is 0 Å². The Labute approximate surface area is 161 Å². The van der Waals surface area contributed by atoms with E-state index in [4.69, 9.17) is 0 Å². The first-order valence-corrected chi connectivity index (χ1v) is 9.42. The van der Waals surface area contributed by atoms with Crippen molar-refractivity contribution in [3.05, 3.63) is 66.2 Å². The first-order chi connectivity index (χ1) is 13.0. The Morgan fingerprint density at radius 2 is 1.59 bits per heavy atom. The number of likely N-dealkylation sites (N-methyl/N-ethyl adjacent to an activating group) is 1. The van der Waals surface area contributed by atoms with E-state index < -0.39 is 6.04 Å². The molecule has 27 heavy (non-hydrogen) atoms. The summed E-state index contributed by atoms with van der Waals surface area (Å²) in [5.41, 5.74) is 1.66. The first-order valence-electron chi connectivity index (χ1n) is 9.42. The normalized spacial score (nSPS) is 12.7. The van der Waals surface area contributed by atoms with Gasteiger partial charge in [0.05, 0.1) is 0 Å². The Morgan fingerprint density at radius 1 is 1.00 bits per heavy atom. The second-order valence-corrected chi connectivity index (χ2v) is 6.75. The lowest BCUT2D eigenvalue weighted by Gasteiger charge is -2.25. The summed E-state index contributed by atoms with van der Waals surface area (Å²) in [6.07, 6.45) is 0.803. The SMILES string of the molecule is CC[C@H](C)[C@H](NC(=O)c1ccccc1)C(=O)NCCN(C)c1ccccc1. The van der Waals surface area contributed by atoms with E-state index in [1.165, 1.54) is 0 Å². The maximum absolute atomic E-state index is 12.7. The van der Waals surface area contributed by atoms with Crippen LogP contribution < -0.4 is 15.5 Å². The average Bonchev–Trinajstić information content (AvgIpc) is 2.72. The summed E-state index contributed by atoms with van der Waals surface area (Å²) in [5, 5.41) is 5.85. The molecule has 0 saturated carbocycles. The first kappa shape index (κ1) is 20.5. The van der Waals surface area contributed by atoms with E-state index in [2.05, 4.69) is 15.5 Å². The van der Waals surface area contributed by atoms with Crippen LogP contribution in [-0.2, 0) is 4.79 Å². The number of hydrogen-bond acceptors (Lipinski definition) is 3. The third-order valence-electron chi connectivity index (χ3n) is 4.76. The average molecular weight is 367 g/mol. The fourth-order valence-electron chi connectivity index (χ4n) is 2.78. The molecule has 2 rings (SSSR count). The lowest BCUT2D eigenvalue weighted by Crippen LogP contribution is -2.51. The number of benzene rings is 2. The van der Waals surface area contributed by atoms with Crippen molar-refractivity contribution in [2.24, 2.45) is 5.92 Å². The highest BCUT2D eigenvalue weighted by Crippen LogP contribution is 2.11. The molecule has 2 aromatic carbocycles. The van der Waals surface area contributed by atoms with Gasteiger partial charge in [-0.2, -0.15) is 0 Å². The second kappa shape index (κ2) is 10.4. The number of hydrogen-bond donors (Lipinski definition) is 2. The van der Waals surface area contributed by atoms with Gasteiger partial charge in [-0.1, -0.05) is 56.7 Å². The minimum absolute atomic E-state index is 0.0458. The molecule has 0 saturated heterocycles. The Kier molecular flexibility index (Phi) is 7.86. The summed E-state index contributed by atoms with van der Waals surface area (Å²) in [7, 11) is 1.99. The molecule has 2 atom stereocenters. The lowest BCUT2D eigenvalue weighted by atomic mass is 9.98. The van der Waals surface area contributed by atoms with Crippen molar-refractivity contribution in [1.29, 1.82) is 0 Å². The minimum atomic E-state index is -0.551. The Bertz CT molecular complexity index is 719. The monoisotopic (exact) mass is 367 g/mol. The van der Waals surface area contributed by atoms with Gasteiger partial charge < -0.3 is 15.5 Å². The molecule has 144 valence electrons. The molecular weight excluding hydrogens is 338 g/mol. The number of para-hydroxylation sites is 1. The van der Waals surface area contributed by atoms with Crippen LogP contribution in [0.2, 0.25) is 0 Å². The predicted molar refractivity (Wildman–Crippen MR) is 110 cm³/mol. The van der Waals surface area contributed by atoms with E-state index in [0.29, 0.717) is 18.7 Å². The Balaban J connectivity index is 1.91. The summed E-state index contributed by atoms with van der Waals surface area (Å²) < 4.78 is 0. The number of nitrogens with zero attached hydrogens (tertiary/aromatic N) is 1. The van der Waals surface area contributed by atoms with Gasteiger partial charge in [0, 0.05) is 31.4 Å². The van der Waals surface area contributed by atoms with Crippen molar-refractivity contribution in [3.8, 4) is 0 Å². The maximum Gasteiger partial charge on any atom is 0.251 e. The number of rotatable bonds is 9. The van der Waals surface area contributed by atoms with Gasteiger partial charge in [-0.05, 0) is 30.2 Å². The van der Waals surface area contributed by atoms with Crippen molar-refractivity contribution in [2.75, 3.05) is 25.0 Å². The molecule has 2 aromatic rings. The van der Waals surface area contributed by atoms with Gasteiger partial charge >= 0.3 is 0 Å². The second-order valence-electron chi connectivity index (χ2n) is 6.75. The smallest absolute Gasteiger partial charge is 0.251 e. The third kappa shape index (κ3) is 6.13. The summed E-state index contributed by atoms with van der Waals surface area (Å²) in [6.45, 7) is 5.20. The number of carbonyl (C=O) groups excluding carboxylic acids is 2. The van der Waals surface area contributed by atoms with E-state index in [0.717, 1.165) is 12.1 Å². The van der Waals surface area contributed by atoms with Crippen molar-refractivity contribution >= 4 is 17.5 Å². The molecule has 2 N–H and O–H groups in total. The van der Waals surface area contributed by atoms with Crippen LogP contribution in [0.4, 0.5) is 5.69 Å². The number of nitrogens with one attached hydrogen (secondary N) is 2. The molecule has 5 nitrogen and oxygen atoms in total. The number of anilines is 1. The highest BCUT2D eigenvalue weighted by atomic mass is 16.2. The number of carbonyl (C=O) groups is 2. The van der Waals surface area contributed by atoms with Gasteiger partial charge in [0.2, 0.25) is 5.91 Å². The van der Waals surface area contributed by atoms with Crippen LogP contribution in [0.15, 0.2) is 60.7 Å².